The summed E-state index contributed by atoms with van der Waals surface area (Å²) in [6.07, 6.45) is 4.04. The van der Waals surface area contributed by atoms with Gasteiger partial charge in [0.1, 0.15) is 5.82 Å². The second-order valence-electron chi connectivity index (χ2n) is 7.20. The highest BCUT2D eigenvalue weighted by Crippen LogP contribution is 2.24. The van der Waals surface area contributed by atoms with Crippen molar-refractivity contribution in [3.8, 4) is 0 Å². The van der Waals surface area contributed by atoms with Crippen molar-refractivity contribution in [1.82, 2.24) is 10.1 Å². The van der Waals surface area contributed by atoms with Crippen LogP contribution < -0.4 is 0 Å². The average molecular weight is 344 g/mol. The minimum absolute atomic E-state index is 0.0640. The Morgan fingerprint density at radius 2 is 2.12 bits per heavy atom. The van der Waals surface area contributed by atoms with Crippen LogP contribution in [0.3, 0.4) is 0 Å². The molecule has 3 rings (SSSR count). The number of aromatic nitrogens is 1. The van der Waals surface area contributed by atoms with Crippen molar-refractivity contribution in [1.29, 1.82) is 0 Å². The molecule has 1 amide bonds. The van der Waals surface area contributed by atoms with E-state index in [1.54, 1.807) is 6.07 Å². The highest BCUT2D eigenvalue weighted by molar-refractivity contribution is 5.91. The summed E-state index contributed by atoms with van der Waals surface area (Å²) in [5.74, 6) is 0.783. The summed E-state index contributed by atoms with van der Waals surface area (Å²) in [4.78, 5) is 14.5. The fourth-order valence-corrected chi connectivity index (χ4v) is 3.32. The number of piperidine rings is 1. The van der Waals surface area contributed by atoms with Crippen molar-refractivity contribution in [3.05, 3.63) is 53.2 Å². The van der Waals surface area contributed by atoms with E-state index in [9.17, 15) is 9.18 Å². The molecule has 1 atom stereocenters. The minimum atomic E-state index is -0.203. The molecular formula is C20H25FN2O2. The molecule has 1 aromatic heterocycles. The molecule has 1 aromatic carbocycles. The molecule has 1 saturated heterocycles. The first kappa shape index (κ1) is 17.6. The van der Waals surface area contributed by atoms with Crippen molar-refractivity contribution in [3.63, 3.8) is 0 Å². The molecule has 1 aliphatic rings. The Kier molecular flexibility index (Phi) is 5.51. The number of halogens is 1. The maximum Gasteiger partial charge on any atom is 0.292 e. The Morgan fingerprint density at radius 3 is 2.80 bits per heavy atom. The van der Waals surface area contributed by atoms with Gasteiger partial charge in [-0.25, -0.2) is 4.39 Å². The molecule has 0 N–H and O–H groups in total. The normalized spacial score (nSPS) is 17.9. The third-order valence-electron chi connectivity index (χ3n) is 4.89. The van der Waals surface area contributed by atoms with E-state index >= 15 is 0 Å². The van der Waals surface area contributed by atoms with Crippen LogP contribution >= 0.6 is 0 Å². The zero-order valence-electron chi connectivity index (χ0n) is 14.9. The lowest BCUT2D eigenvalue weighted by molar-refractivity contribution is 0.0626. The van der Waals surface area contributed by atoms with Crippen LogP contribution in [-0.4, -0.2) is 29.1 Å². The quantitative estimate of drug-likeness (QED) is 0.806. The predicted molar refractivity (Wildman–Crippen MR) is 93.9 cm³/mol. The van der Waals surface area contributed by atoms with Gasteiger partial charge in [-0.05, 0) is 55.2 Å². The van der Waals surface area contributed by atoms with E-state index in [0.29, 0.717) is 11.7 Å². The molecule has 0 aliphatic carbocycles. The number of hydrogen-bond donors (Lipinski definition) is 0. The second-order valence-corrected chi connectivity index (χ2v) is 7.20. The molecule has 25 heavy (non-hydrogen) atoms. The highest BCUT2D eigenvalue weighted by atomic mass is 19.1. The third kappa shape index (κ3) is 4.47. The summed E-state index contributed by atoms with van der Waals surface area (Å²) in [6, 6.07) is 8.44. The summed E-state index contributed by atoms with van der Waals surface area (Å²) in [5.41, 5.74) is 1.95. The van der Waals surface area contributed by atoms with E-state index < -0.39 is 0 Å². The number of carbonyl (C=O) groups excluding carboxylic acids is 1. The molecule has 0 unspecified atom stereocenters. The molecule has 1 aliphatic heterocycles. The fraction of sp³-hybridized carbons (Fsp3) is 0.500. The number of benzene rings is 1. The van der Waals surface area contributed by atoms with Crippen LogP contribution in [0.1, 0.15) is 60.8 Å². The van der Waals surface area contributed by atoms with Crippen molar-refractivity contribution in [2.45, 2.75) is 45.4 Å². The first-order valence-corrected chi connectivity index (χ1v) is 9.03. The van der Waals surface area contributed by atoms with Gasteiger partial charge in [-0.2, -0.15) is 0 Å². The summed E-state index contributed by atoms with van der Waals surface area (Å²) in [7, 11) is 0. The van der Waals surface area contributed by atoms with E-state index in [-0.39, 0.29) is 17.6 Å². The molecule has 0 saturated carbocycles. The van der Waals surface area contributed by atoms with Gasteiger partial charge in [-0.3, -0.25) is 4.79 Å². The number of carbonyl (C=O) groups is 1. The molecule has 0 radical (unpaired) electrons. The Labute approximate surface area is 148 Å². The number of aryl methyl sites for hydroxylation is 1. The Morgan fingerprint density at radius 1 is 1.36 bits per heavy atom. The lowest BCUT2D eigenvalue weighted by Crippen LogP contribution is -2.39. The number of nitrogens with zero attached hydrogens (tertiary/aromatic N) is 2. The van der Waals surface area contributed by atoms with Gasteiger partial charge in [0.25, 0.3) is 5.91 Å². The first-order chi connectivity index (χ1) is 12.0. The van der Waals surface area contributed by atoms with Crippen LogP contribution in [0.25, 0.3) is 0 Å². The SMILES string of the molecule is CC(C)c1cc(C(=O)N2CCC[C@H](CCc3ccc(F)cc3)C2)on1. The Bertz CT molecular complexity index is 709. The van der Waals surface area contributed by atoms with Crippen molar-refractivity contribution in [2.75, 3.05) is 13.1 Å². The lowest BCUT2D eigenvalue weighted by atomic mass is 9.91. The van der Waals surface area contributed by atoms with Crippen LogP contribution in [0.4, 0.5) is 4.39 Å². The van der Waals surface area contributed by atoms with E-state index in [4.69, 9.17) is 4.52 Å². The smallest absolute Gasteiger partial charge is 0.292 e. The van der Waals surface area contributed by atoms with Gasteiger partial charge in [0, 0.05) is 19.2 Å². The average Bonchev–Trinajstić information content (AvgIpc) is 3.11. The number of rotatable bonds is 5. The van der Waals surface area contributed by atoms with Gasteiger partial charge < -0.3 is 9.42 Å². The Hall–Kier alpha value is -2.17. The van der Waals surface area contributed by atoms with Crippen molar-refractivity contribution >= 4 is 5.91 Å². The number of likely N-dealkylation sites (tertiary alicyclic amines) is 1. The van der Waals surface area contributed by atoms with Crippen LogP contribution in [0.15, 0.2) is 34.9 Å². The monoisotopic (exact) mass is 344 g/mol. The summed E-state index contributed by atoms with van der Waals surface area (Å²) in [6.45, 7) is 5.57. The Balaban J connectivity index is 1.56. The lowest BCUT2D eigenvalue weighted by Gasteiger charge is -2.32. The summed E-state index contributed by atoms with van der Waals surface area (Å²) >= 11 is 0. The molecule has 0 bridgehead atoms. The van der Waals surface area contributed by atoms with Gasteiger partial charge in [-0.15, -0.1) is 0 Å². The minimum Gasteiger partial charge on any atom is -0.351 e. The third-order valence-corrected chi connectivity index (χ3v) is 4.89. The molecule has 2 heterocycles. The van der Waals surface area contributed by atoms with Crippen molar-refractivity contribution < 1.29 is 13.7 Å². The molecule has 4 nitrogen and oxygen atoms in total. The maximum atomic E-state index is 13.0. The molecule has 5 heteroatoms. The largest absolute Gasteiger partial charge is 0.351 e. The highest BCUT2D eigenvalue weighted by Gasteiger charge is 2.27. The fourth-order valence-electron chi connectivity index (χ4n) is 3.32. The van der Waals surface area contributed by atoms with Crippen molar-refractivity contribution in [2.24, 2.45) is 5.92 Å². The zero-order chi connectivity index (χ0) is 17.8. The molecule has 2 aromatic rings. The molecule has 0 spiro atoms. The van der Waals surface area contributed by atoms with Gasteiger partial charge in [0.05, 0.1) is 5.69 Å². The topological polar surface area (TPSA) is 46.3 Å². The molecule has 1 fully saturated rings. The molecular weight excluding hydrogens is 319 g/mol. The second kappa shape index (κ2) is 7.81. The van der Waals surface area contributed by atoms with Gasteiger partial charge in [-0.1, -0.05) is 31.1 Å². The van der Waals surface area contributed by atoms with Gasteiger partial charge in [0.2, 0.25) is 5.76 Å². The summed E-state index contributed by atoms with van der Waals surface area (Å²) < 4.78 is 18.2. The standard InChI is InChI=1S/C20H25FN2O2/c1-14(2)18-12-19(25-22-18)20(24)23-11-3-4-16(13-23)6-5-15-7-9-17(21)10-8-15/h7-10,12,14,16H,3-6,11,13H2,1-2H3/t16-/m1/s1. The predicted octanol–water partition coefficient (Wildman–Crippen LogP) is 4.42. The van der Waals surface area contributed by atoms with E-state index in [1.807, 2.05) is 30.9 Å². The summed E-state index contributed by atoms with van der Waals surface area (Å²) in [5, 5.41) is 3.98. The van der Waals surface area contributed by atoms with E-state index in [2.05, 4.69) is 5.16 Å². The van der Waals surface area contributed by atoms with E-state index in [1.165, 1.54) is 12.1 Å². The first-order valence-electron chi connectivity index (χ1n) is 9.03. The van der Waals surface area contributed by atoms with Crippen LogP contribution in [0.5, 0.6) is 0 Å². The maximum absolute atomic E-state index is 13.0. The molecule has 134 valence electrons. The number of hydrogen-bond acceptors (Lipinski definition) is 3. The van der Waals surface area contributed by atoms with Crippen LogP contribution in [-0.2, 0) is 6.42 Å². The van der Waals surface area contributed by atoms with Crippen LogP contribution in [0.2, 0.25) is 0 Å². The van der Waals surface area contributed by atoms with E-state index in [0.717, 1.165) is 50.0 Å². The zero-order valence-corrected chi connectivity index (χ0v) is 14.9. The van der Waals surface area contributed by atoms with Gasteiger partial charge in [0.15, 0.2) is 0 Å². The number of amides is 1. The van der Waals surface area contributed by atoms with Crippen LogP contribution in [0, 0.1) is 11.7 Å². The van der Waals surface area contributed by atoms with Gasteiger partial charge >= 0.3 is 0 Å².